The molecule has 0 bridgehead atoms. The fourth-order valence-electron chi connectivity index (χ4n) is 4.59. The first-order valence-electron chi connectivity index (χ1n) is 13.1. The smallest absolute Gasteiger partial charge is 0.261 e. The van der Waals surface area contributed by atoms with Gasteiger partial charge in [0.1, 0.15) is 17.3 Å². The SMILES string of the molecule is N#C/C(=C\c1cn(-c2ccccc2)nc1-c1cccc(S(=O)(=O)N2CCCC2)c1)C(=O)NCCCn1ccnc1. The van der Waals surface area contributed by atoms with Gasteiger partial charge in [0.2, 0.25) is 10.0 Å². The minimum Gasteiger partial charge on any atom is -0.351 e. The Morgan fingerprint density at radius 1 is 1.10 bits per heavy atom. The van der Waals surface area contributed by atoms with Crippen LogP contribution < -0.4 is 5.32 Å². The zero-order valence-electron chi connectivity index (χ0n) is 21.8. The number of para-hydroxylation sites is 1. The number of nitrogens with zero attached hydrogens (tertiary/aromatic N) is 6. The highest BCUT2D eigenvalue weighted by Crippen LogP contribution is 2.29. The second kappa shape index (κ2) is 12.1. The summed E-state index contributed by atoms with van der Waals surface area (Å²) in [7, 11) is -3.64. The summed E-state index contributed by atoms with van der Waals surface area (Å²) >= 11 is 0. The van der Waals surface area contributed by atoms with Crippen LogP contribution in [0, 0.1) is 11.3 Å². The highest BCUT2D eigenvalue weighted by atomic mass is 32.2. The molecule has 2 aromatic heterocycles. The molecular weight excluding hydrogens is 526 g/mol. The fourth-order valence-corrected chi connectivity index (χ4v) is 6.16. The van der Waals surface area contributed by atoms with Crippen LogP contribution in [-0.2, 0) is 21.4 Å². The molecule has 0 spiro atoms. The van der Waals surface area contributed by atoms with Crippen molar-refractivity contribution >= 4 is 22.0 Å². The second-order valence-electron chi connectivity index (χ2n) is 9.43. The van der Waals surface area contributed by atoms with Gasteiger partial charge in [-0.3, -0.25) is 4.79 Å². The number of benzene rings is 2. The fraction of sp³-hybridized carbons (Fsp3) is 0.241. The maximum Gasteiger partial charge on any atom is 0.261 e. The van der Waals surface area contributed by atoms with Crippen molar-refractivity contribution in [3.63, 3.8) is 0 Å². The number of carbonyl (C=O) groups excluding carboxylic acids is 1. The van der Waals surface area contributed by atoms with E-state index in [-0.39, 0.29) is 10.5 Å². The van der Waals surface area contributed by atoms with Crippen LogP contribution in [0.1, 0.15) is 24.8 Å². The molecule has 1 aliphatic heterocycles. The molecule has 0 saturated carbocycles. The number of imidazole rings is 1. The molecule has 1 amide bonds. The van der Waals surface area contributed by atoms with Gasteiger partial charge >= 0.3 is 0 Å². The van der Waals surface area contributed by atoms with Gasteiger partial charge in [-0.25, -0.2) is 18.1 Å². The second-order valence-corrected chi connectivity index (χ2v) is 11.4. The van der Waals surface area contributed by atoms with E-state index in [0.29, 0.717) is 49.4 Å². The zero-order chi connectivity index (χ0) is 28.0. The molecule has 3 heterocycles. The quantitative estimate of drug-likeness (QED) is 0.181. The Labute approximate surface area is 233 Å². The van der Waals surface area contributed by atoms with Gasteiger partial charge in [-0.05, 0) is 49.6 Å². The van der Waals surface area contributed by atoms with Crippen molar-refractivity contribution in [2.24, 2.45) is 0 Å². The van der Waals surface area contributed by atoms with Crippen molar-refractivity contribution < 1.29 is 13.2 Å². The first kappa shape index (κ1) is 27.1. The van der Waals surface area contributed by atoms with Crippen molar-refractivity contribution in [3.8, 4) is 23.0 Å². The molecule has 0 atom stereocenters. The number of nitriles is 1. The van der Waals surface area contributed by atoms with Gasteiger partial charge in [-0.1, -0.05) is 30.3 Å². The average Bonchev–Trinajstić information content (AvgIpc) is 3.77. The maximum atomic E-state index is 13.2. The molecule has 1 fully saturated rings. The van der Waals surface area contributed by atoms with Crippen LogP contribution in [0.3, 0.4) is 0 Å². The molecule has 2 aromatic carbocycles. The summed E-state index contributed by atoms with van der Waals surface area (Å²) in [6, 6.07) is 18.1. The molecule has 1 aliphatic rings. The predicted octanol–water partition coefficient (Wildman–Crippen LogP) is 3.63. The van der Waals surface area contributed by atoms with E-state index in [2.05, 4.69) is 10.3 Å². The van der Waals surface area contributed by atoms with Gasteiger partial charge in [0, 0.05) is 55.9 Å². The summed E-state index contributed by atoms with van der Waals surface area (Å²) in [6.45, 7) is 2.09. The van der Waals surface area contributed by atoms with Crippen LogP contribution in [0.2, 0.25) is 0 Å². The molecule has 4 aromatic rings. The van der Waals surface area contributed by atoms with E-state index in [0.717, 1.165) is 18.5 Å². The number of carbonyl (C=O) groups is 1. The minimum atomic E-state index is -3.64. The Morgan fingerprint density at radius 2 is 1.90 bits per heavy atom. The van der Waals surface area contributed by atoms with E-state index in [1.54, 1.807) is 47.7 Å². The largest absolute Gasteiger partial charge is 0.351 e. The number of hydrogen-bond donors (Lipinski definition) is 1. The topological polar surface area (TPSA) is 126 Å². The molecule has 204 valence electrons. The lowest BCUT2D eigenvalue weighted by molar-refractivity contribution is -0.117. The lowest BCUT2D eigenvalue weighted by Gasteiger charge is -2.16. The van der Waals surface area contributed by atoms with E-state index in [1.807, 2.05) is 47.2 Å². The lowest BCUT2D eigenvalue weighted by Crippen LogP contribution is -2.27. The summed E-state index contributed by atoms with van der Waals surface area (Å²) < 4.78 is 31.5. The molecule has 11 heteroatoms. The summed E-state index contributed by atoms with van der Waals surface area (Å²) in [5.74, 6) is -0.489. The predicted molar refractivity (Wildman–Crippen MR) is 150 cm³/mol. The van der Waals surface area contributed by atoms with E-state index >= 15 is 0 Å². The van der Waals surface area contributed by atoms with Crippen LogP contribution in [0.4, 0.5) is 0 Å². The van der Waals surface area contributed by atoms with Crippen LogP contribution in [-0.4, -0.2) is 57.6 Å². The van der Waals surface area contributed by atoms with E-state index in [9.17, 15) is 18.5 Å². The van der Waals surface area contributed by atoms with Crippen LogP contribution in [0.5, 0.6) is 0 Å². The molecule has 40 heavy (non-hydrogen) atoms. The molecule has 0 unspecified atom stereocenters. The van der Waals surface area contributed by atoms with E-state index < -0.39 is 15.9 Å². The number of amides is 1. The van der Waals surface area contributed by atoms with Crippen molar-refractivity contribution in [3.05, 3.63) is 90.7 Å². The summed E-state index contributed by atoms with van der Waals surface area (Å²) in [4.78, 5) is 17.1. The number of sulfonamides is 1. The Morgan fingerprint density at radius 3 is 2.62 bits per heavy atom. The third-order valence-electron chi connectivity index (χ3n) is 6.68. The number of nitrogens with one attached hydrogen (secondary N) is 1. The third kappa shape index (κ3) is 6.03. The highest BCUT2D eigenvalue weighted by Gasteiger charge is 2.27. The molecule has 1 N–H and O–H groups in total. The van der Waals surface area contributed by atoms with Crippen molar-refractivity contribution in [1.29, 1.82) is 5.26 Å². The Kier molecular flexibility index (Phi) is 8.19. The molecule has 5 rings (SSSR count). The van der Waals surface area contributed by atoms with Gasteiger partial charge in [0.25, 0.3) is 5.91 Å². The highest BCUT2D eigenvalue weighted by molar-refractivity contribution is 7.89. The molecule has 1 saturated heterocycles. The van der Waals surface area contributed by atoms with E-state index in [1.165, 1.54) is 10.4 Å². The van der Waals surface area contributed by atoms with Gasteiger partial charge in [-0.15, -0.1) is 0 Å². The number of aromatic nitrogens is 4. The standard InChI is InChI=1S/C29H29N7O3S/c30-20-24(29(37)32-12-7-14-34-17-13-31-22-34)18-25-21-36(26-9-2-1-3-10-26)33-28(25)23-8-6-11-27(19-23)40(38,39)35-15-4-5-16-35/h1-3,6,8-11,13,17-19,21-22H,4-5,7,12,14-16H2,(H,32,37)/b24-18+. The van der Waals surface area contributed by atoms with Gasteiger partial charge in [-0.2, -0.15) is 14.7 Å². The number of hydrogen-bond acceptors (Lipinski definition) is 6. The zero-order valence-corrected chi connectivity index (χ0v) is 22.7. The van der Waals surface area contributed by atoms with Crippen molar-refractivity contribution in [2.45, 2.75) is 30.7 Å². The van der Waals surface area contributed by atoms with E-state index in [4.69, 9.17) is 5.10 Å². The Bertz CT molecular complexity index is 1650. The lowest BCUT2D eigenvalue weighted by atomic mass is 10.1. The normalized spacial score (nSPS) is 14.2. The summed E-state index contributed by atoms with van der Waals surface area (Å²) in [5, 5.41) is 17.4. The molecule has 0 radical (unpaired) electrons. The molecule has 10 nitrogen and oxygen atoms in total. The van der Waals surface area contributed by atoms with Gasteiger partial charge in [0.05, 0.1) is 16.9 Å². The number of aryl methyl sites for hydroxylation is 1. The monoisotopic (exact) mass is 555 g/mol. The molecule has 0 aliphatic carbocycles. The van der Waals surface area contributed by atoms with Gasteiger partial charge in [0.15, 0.2) is 0 Å². The van der Waals surface area contributed by atoms with Crippen LogP contribution >= 0.6 is 0 Å². The summed E-state index contributed by atoms with van der Waals surface area (Å²) in [5.41, 5.74) is 2.26. The Hall–Kier alpha value is -4.53. The summed E-state index contributed by atoms with van der Waals surface area (Å²) in [6.07, 6.45) is 10.8. The van der Waals surface area contributed by atoms with Crippen molar-refractivity contribution in [1.82, 2.24) is 29.0 Å². The first-order valence-corrected chi connectivity index (χ1v) is 14.5. The number of rotatable bonds is 10. The van der Waals surface area contributed by atoms with Gasteiger partial charge < -0.3 is 9.88 Å². The van der Waals surface area contributed by atoms with Crippen LogP contribution in [0.15, 0.2) is 90.0 Å². The van der Waals surface area contributed by atoms with Crippen molar-refractivity contribution in [2.75, 3.05) is 19.6 Å². The molecular formula is C29H29N7O3S. The first-order chi connectivity index (χ1) is 19.5. The minimum absolute atomic E-state index is 0.0719. The average molecular weight is 556 g/mol. The Balaban J connectivity index is 1.45. The van der Waals surface area contributed by atoms with Crippen LogP contribution in [0.25, 0.3) is 23.0 Å². The maximum absolute atomic E-state index is 13.2. The third-order valence-corrected chi connectivity index (χ3v) is 8.57.